The fourth-order valence-electron chi connectivity index (χ4n) is 1.65. The minimum absolute atomic E-state index is 0.0631. The van der Waals surface area contributed by atoms with Crippen LogP contribution in [0.2, 0.25) is 0 Å². The maximum absolute atomic E-state index is 11.9. The van der Waals surface area contributed by atoms with Crippen LogP contribution in [0, 0.1) is 13.7 Å². The maximum atomic E-state index is 11.9. The van der Waals surface area contributed by atoms with Crippen molar-refractivity contribution < 1.29 is 14.5 Å². The maximum Gasteiger partial charge on any atom is 0.310 e. The normalized spacial score (nSPS) is 10.1. The molecule has 114 valence electrons. The van der Waals surface area contributed by atoms with Crippen LogP contribution in [-0.4, -0.2) is 17.4 Å². The largest absolute Gasteiger partial charge is 0.477 e. The molecule has 0 unspecified atom stereocenters. The number of nitrogens with zero attached hydrogens (tertiary/aromatic N) is 1. The minimum atomic E-state index is -0.551. The summed E-state index contributed by atoms with van der Waals surface area (Å²) in [6.07, 6.45) is 0. The molecule has 22 heavy (non-hydrogen) atoms. The van der Waals surface area contributed by atoms with E-state index in [1.807, 2.05) is 6.07 Å². The Morgan fingerprint density at radius 3 is 2.73 bits per heavy atom. The Balaban J connectivity index is 2.00. The van der Waals surface area contributed by atoms with Crippen molar-refractivity contribution in [3.8, 4) is 5.75 Å². The summed E-state index contributed by atoms with van der Waals surface area (Å²) in [6, 6.07) is 11.3. The van der Waals surface area contributed by atoms with Crippen LogP contribution in [0.25, 0.3) is 0 Å². The van der Waals surface area contributed by atoms with Gasteiger partial charge in [-0.25, -0.2) is 0 Å². The molecule has 0 aliphatic rings. The molecular weight excluding hydrogens is 467 g/mol. The summed E-state index contributed by atoms with van der Waals surface area (Å²) >= 11 is 5.44. The molecule has 1 amide bonds. The number of para-hydroxylation sites is 2. The number of nitrogens with one attached hydrogen (secondary N) is 1. The topological polar surface area (TPSA) is 81.5 Å². The van der Waals surface area contributed by atoms with E-state index in [1.54, 1.807) is 18.2 Å². The highest BCUT2D eigenvalue weighted by molar-refractivity contribution is 14.1. The molecule has 2 aromatic carbocycles. The van der Waals surface area contributed by atoms with Crippen molar-refractivity contribution in [2.24, 2.45) is 0 Å². The van der Waals surface area contributed by atoms with Gasteiger partial charge in [-0.15, -0.1) is 0 Å². The fourth-order valence-corrected chi connectivity index (χ4v) is 3.09. The molecule has 0 radical (unpaired) electrons. The number of ether oxygens (including phenoxy) is 1. The molecule has 0 saturated heterocycles. The first kappa shape index (κ1) is 16.7. The van der Waals surface area contributed by atoms with E-state index in [0.717, 1.165) is 8.04 Å². The first-order chi connectivity index (χ1) is 10.5. The number of nitro benzene ring substituents is 1. The average molecular weight is 477 g/mol. The molecule has 0 saturated carbocycles. The summed E-state index contributed by atoms with van der Waals surface area (Å²) in [4.78, 5) is 22.2. The standard InChI is InChI=1S/C14H10BrIN2O4/c15-9-5-6-11(10(16)7-9)17-14(19)8-22-13-4-2-1-3-12(13)18(20)21/h1-7H,8H2,(H,17,19). The SMILES string of the molecule is O=C(COc1ccccc1[N+](=O)[O-])Nc1ccc(Br)cc1I. The number of hydrogen-bond donors (Lipinski definition) is 1. The van der Waals surface area contributed by atoms with Gasteiger partial charge in [0.05, 0.1) is 10.6 Å². The van der Waals surface area contributed by atoms with Crippen molar-refractivity contribution in [1.82, 2.24) is 0 Å². The van der Waals surface area contributed by atoms with Gasteiger partial charge in [-0.2, -0.15) is 0 Å². The van der Waals surface area contributed by atoms with Gasteiger partial charge in [0.2, 0.25) is 0 Å². The third-order valence-electron chi connectivity index (χ3n) is 2.63. The number of anilines is 1. The van der Waals surface area contributed by atoms with Gasteiger partial charge >= 0.3 is 5.69 Å². The van der Waals surface area contributed by atoms with Crippen LogP contribution >= 0.6 is 38.5 Å². The summed E-state index contributed by atoms with van der Waals surface area (Å²) in [5.74, 6) is -0.327. The van der Waals surface area contributed by atoms with Gasteiger partial charge in [-0.3, -0.25) is 14.9 Å². The van der Waals surface area contributed by atoms with Crippen LogP contribution in [-0.2, 0) is 4.79 Å². The Bertz CT molecular complexity index is 724. The smallest absolute Gasteiger partial charge is 0.310 e. The van der Waals surface area contributed by atoms with Gasteiger partial charge in [0, 0.05) is 14.1 Å². The van der Waals surface area contributed by atoms with Crippen molar-refractivity contribution in [2.75, 3.05) is 11.9 Å². The molecule has 6 nitrogen and oxygen atoms in total. The van der Waals surface area contributed by atoms with E-state index in [-0.39, 0.29) is 18.0 Å². The van der Waals surface area contributed by atoms with Gasteiger partial charge < -0.3 is 10.1 Å². The number of benzene rings is 2. The summed E-state index contributed by atoms with van der Waals surface area (Å²) < 4.78 is 7.01. The molecule has 0 aromatic heterocycles. The van der Waals surface area contributed by atoms with Crippen molar-refractivity contribution in [1.29, 1.82) is 0 Å². The van der Waals surface area contributed by atoms with Gasteiger partial charge in [0.25, 0.3) is 5.91 Å². The van der Waals surface area contributed by atoms with E-state index in [0.29, 0.717) is 5.69 Å². The van der Waals surface area contributed by atoms with Gasteiger partial charge in [0.1, 0.15) is 0 Å². The van der Waals surface area contributed by atoms with Crippen LogP contribution in [0.1, 0.15) is 0 Å². The first-order valence-electron chi connectivity index (χ1n) is 6.08. The van der Waals surface area contributed by atoms with E-state index in [1.165, 1.54) is 18.2 Å². The molecule has 8 heteroatoms. The monoisotopic (exact) mass is 476 g/mol. The summed E-state index contributed by atoms with van der Waals surface area (Å²) in [6.45, 7) is -0.309. The fraction of sp³-hybridized carbons (Fsp3) is 0.0714. The lowest BCUT2D eigenvalue weighted by Crippen LogP contribution is -2.21. The highest BCUT2D eigenvalue weighted by Crippen LogP contribution is 2.26. The summed E-state index contributed by atoms with van der Waals surface area (Å²) in [5, 5.41) is 13.5. The zero-order valence-electron chi connectivity index (χ0n) is 11.1. The third kappa shape index (κ3) is 4.41. The van der Waals surface area contributed by atoms with Gasteiger partial charge in [-0.1, -0.05) is 28.1 Å². The van der Waals surface area contributed by atoms with Crippen molar-refractivity contribution >= 4 is 55.8 Å². The Labute approximate surface area is 148 Å². The predicted molar refractivity (Wildman–Crippen MR) is 94.1 cm³/mol. The van der Waals surface area contributed by atoms with E-state index >= 15 is 0 Å². The molecule has 0 aliphatic heterocycles. The Kier molecular flexibility index (Phi) is 5.72. The Morgan fingerprint density at radius 1 is 1.32 bits per heavy atom. The second kappa shape index (κ2) is 7.54. The van der Waals surface area contributed by atoms with E-state index in [9.17, 15) is 14.9 Å². The van der Waals surface area contributed by atoms with Crippen LogP contribution in [0.15, 0.2) is 46.9 Å². The lowest BCUT2D eigenvalue weighted by Gasteiger charge is -2.09. The highest BCUT2D eigenvalue weighted by Gasteiger charge is 2.15. The van der Waals surface area contributed by atoms with Crippen LogP contribution in [0.5, 0.6) is 5.75 Å². The lowest BCUT2D eigenvalue weighted by atomic mass is 10.3. The number of amides is 1. The molecule has 0 bridgehead atoms. The van der Waals surface area contributed by atoms with Gasteiger partial charge in [0.15, 0.2) is 12.4 Å². The quantitative estimate of drug-likeness (QED) is 0.402. The first-order valence-corrected chi connectivity index (χ1v) is 7.95. The zero-order chi connectivity index (χ0) is 16.1. The molecule has 2 rings (SSSR count). The number of halogens is 2. The molecule has 0 aliphatic carbocycles. The molecular formula is C14H10BrIN2O4. The van der Waals surface area contributed by atoms with E-state index in [2.05, 4.69) is 43.8 Å². The van der Waals surface area contributed by atoms with Gasteiger partial charge in [-0.05, 0) is 46.9 Å². The lowest BCUT2D eigenvalue weighted by molar-refractivity contribution is -0.385. The van der Waals surface area contributed by atoms with E-state index in [4.69, 9.17) is 4.74 Å². The van der Waals surface area contributed by atoms with E-state index < -0.39 is 10.8 Å². The Hall–Kier alpha value is -1.68. The number of nitro groups is 1. The minimum Gasteiger partial charge on any atom is -0.477 e. The summed E-state index contributed by atoms with van der Waals surface area (Å²) in [5.41, 5.74) is 0.480. The van der Waals surface area contributed by atoms with Crippen LogP contribution in [0.4, 0.5) is 11.4 Å². The molecule has 0 fully saturated rings. The molecule has 0 heterocycles. The molecule has 0 atom stereocenters. The number of hydrogen-bond acceptors (Lipinski definition) is 4. The predicted octanol–water partition coefficient (Wildman–Crippen LogP) is 3.98. The molecule has 0 spiro atoms. The molecule has 2 aromatic rings. The second-order valence-corrected chi connectivity index (χ2v) is 6.26. The third-order valence-corrected chi connectivity index (χ3v) is 4.01. The van der Waals surface area contributed by atoms with Crippen LogP contribution in [0.3, 0.4) is 0 Å². The number of carbonyl (C=O) groups excluding carboxylic acids is 1. The Morgan fingerprint density at radius 2 is 2.05 bits per heavy atom. The second-order valence-electron chi connectivity index (χ2n) is 4.19. The number of carbonyl (C=O) groups is 1. The number of rotatable bonds is 5. The summed E-state index contributed by atoms with van der Waals surface area (Å²) in [7, 11) is 0. The molecule has 1 N–H and O–H groups in total. The van der Waals surface area contributed by atoms with Crippen molar-refractivity contribution in [2.45, 2.75) is 0 Å². The van der Waals surface area contributed by atoms with Crippen molar-refractivity contribution in [3.05, 3.63) is 60.6 Å². The van der Waals surface area contributed by atoms with Crippen molar-refractivity contribution in [3.63, 3.8) is 0 Å². The average Bonchev–Trinajstić information content (AvgIpc) is 2.48. The van der Waals surface area contributed by atoms with Crippen LogP contribution < -0.4 is 10.1 Å². The highest BCUT2D eigenvalue weighted by atomic mass is 127. The zero-order valence-corrected chi connectivity index (χ0v) is 14.8.